The molecule has 0 saturated carbocycles. The Morgan fingerprint density at radius 2 is 2.43 bits per heavy atom. The van der Waals surface area contributed by atoms with Crippen LogP contribution in [0.15, 0.2) is 0 Å². The first-order valence-corrected chi connectivity index (χ1v) is 4.70. The van der Waals surface area contributed by atoms with Gasteiger partial charge in [-0.15, -0.1) is 0 Å². The van der Waals surface area contributed by atoms with Gasteiger partial charge in [0.1, 0.15) is 5.78 Å². The van der Waals surface area contributed by atoms with Crippen molar-refractivity contribution in [3.8, 4) is 0 Å². The number of ketones is 1. The molecule has 0 spiro atoms. The Bertz CT molecular complexity index is 197. The maximum Gasteiger partial charge on any atom is 0.160 e. The van der Waals surface area contributed by atoms with Crippen LogP contribution in [-0.4, -0.2) is 49.6 Å². The highest BCUT2D eigenvalue weighted by Crippen LogP contribution is 2.19. The van der Waals surface area contributed by atoms with E-state index < -0.39 is 6.10 Å². The molecule has 5 nitrogen and oxygen atoms in total. The second-order valence-corrected chi connectivity index (χ2v) is 3.48. The molecule has 5 heteroatoms. The van der Waals surface area contributed by atoms with Gasteiger partial charge in [0.15, 0.2) is 6.29 Å². The third kappa shape index (κ3) is 3.34. The average Bonchev–Trinajstić information content (AvgIpc) is 2.47. The molecule has 0 bridgehead atoms. The third-order valence-corrected chi connectivity index (χ3v) is 2.17. The van der Waals surface area contributed by atoms with Crippen LogP contribution in [0.3, 0.4) is 0 Å². The molecule has 0 aromatic rings. The summed E-state index contributed by atoms with van der Waals surface area (Å²) >= 11 is 0. The molecular formula is C9H17NO4. The zero-order valence-corrected chi connectivity index (χ0v) is 8.53. The molecule has 0 amide bonds. The molecule has 0 aromatic heterocycles. The number of ether oxygens (including phenoxy) is 2. The molecule has 1 rings (SSSR count). The van der Waals surface area contributed by atoms with E-state index in [9.17, 15) is 9.90 Å². The van der Waals surface area contributed by atoms with Crippen LogP contribution in [-0.2, 0) is 14.3 Å². The molecule has 1 aliphatic heterocycles. The number of nitrogens with one attached hydrogen (secondary N) is 1. The first-order chi connectivity index (χ1) is 6.63. The number of hydrogen-bond donors (Lipinski definition) is 2. The van der Waals surface area contributed by atoms with Crippen molar-refractivity contribution >= 4 is 5.78 Å². The number of aliphatic hydroxyl groups is 1. The third-order valence-electron chi connectivity index (χ3n) is 2.17. The van der Waals surface area contributed by atoms with Crippen molar-refractivity contribution < 1.29 is 19.4 Å². The molecule has 14 heavy (non-hydrogen) atoms. The van der Waals surface area contributed by atoms with Gasteiger partial charge in [-0.05, 0) is 6.92 Å². The number of aliphatic hydroxyl groups excluding tert-OH is 1. The quantitative estimate of drug-likeness (QED) is 0.617. The summed E-state index contributed by atoms with van der Waals surface area (Å²) in [6.45, 7) is 2.29. The molecule has 1 heterocycles. The Labute approximate surface area is 83.4 Å². The smallest absolute Gasteiger partial charge is 0.160 e. The Balaban J connectivity index is 2.21. The van der Waals surface area contributed by atoms with E-state index in [0.29, 0.717) is 19.5 Å². The highest BCUT2D eigenvalue weighted by Gasteiger charge is 2.33. The van der Waals surface area contributed by atoms with Gasteiger partial charge in [0, 0.05) is 20.1 Å². The van der Waals surface area contributed by atoms with Gasteiger partial charge in [-0.3, -0.25) is 4.79 Å². The van der Waals surface area contributed by atoms with E-state index in [1.54, 1.807) is 7.11 Å². The Morgan fingerprint density at radius 3 is 2.93 bits per heavy atom. The zero-order chi connectivity index (χ0) is 10.6. The highest BCUT2D eigenvalue weighted by atomic mass is 16.7. The number of carbonyl (C=O) groups excluding carboxylic acids is 1. The minimum atomic E-state index is -0.514. The Morgan fingerprint density at radius 1 is 1.71 bits per heavy atom. The van der Waals surface area contributed by atoms with Crippen LogP contribution < -0.4 is 5.32 Å². The van der Waals surface area contributed by atoms with E-state index in [-0.39, 0.29) is 18.2 Å². The van der Waals surface area contributed by atoms with Gasteiger partial charge >= 0.3 is 0 Å². The molecular weight excluding hydrogens is 186 g/mol. The average molecular weight is 203 g/mol. The van der Waals surface area contributed by atoms with Crippen LogP contribution in [0.5, 0.6) is 0 Å². The van der Waals surface area contributed by atoms with E-state index in [1.807, 2.05) is 0 Å². The molecule has 0 aromatic carbocycles. The molecule has 2 N–H and O–H groups in total. The molecule has 1 aliphatic rings. The van der Waals surface area contributed by atoms with E-state index in [4.69, 9.17) is 9.47 Å². The molecule has 1 saturated heterocycles. The van der Waals surface area contributed by atoms with Crippen LogP contribution in [0, 0.1) is 0 Å². The second kappa shape index (κ2) is 5.41. The standard InChI is InChI=1S/C9H17NO4/c1-6(11)4-10-5-8-7(12)3-9(13-2)14-8/h7-10,12H,3-5H2,1-2H3/t7-,8+,9+/m0/s1. The lowest BCUT2D eigenvalue weighted by atomic mass is 10.2. The Kier molecular flexibility index (Phi) is 4.47. The van der Waals surface area contributed by atoms with Crippen LogP contribution >= 0.6 is 0 Å². The van der Waals surface area contributed by atoms with Crippen molar-refractivity contribution in [3.63, 3.8) is 0 Å². The topological polar surface area (TPSA) is 67.8 Å². The SMILES string of the molecule is CO[C@H]1C[C@H](O)[C@@H](CNCC(C)=O)O1. The maximum atomic E-state index is 10.6. The summed E-state index contributed by atoms with van der Waals surface area (Å²) < 4.78 is 10.3. The fourth-order valence-corrected chi connectivity index (χ4v) is 1.42. The van der Waals surface area contributed by atoms with Crippen molar-refractivity contribution in [2.75, 3.05) is 20.2 Å². The van der Waals surface area contributed by atoms with Crippen molar-refractivity contribution in [1.29, 1.82) is 0 Å². The van der Waals surface area contributed by atoms with E-state index >= 15 is 0 Å². The van der Waals surface area contributed by atoms with Gasteiger partial charge < -0.3 is 19.9 Å². The summed E-state index contributed by atoms with van der Waals surface area (Å²) in [7, 11) is 1.54. The van der Waals surface area contributed by atoms with Gasteiger partial charge in [0.2, 0.25) is 0 Å². The lowest BCUT2D eigenvalue weighted by Gasteiger charge is -2.14. The van der Waals surface area contributed by atoms with Crippen molar-refractivity contribution in [1.82, 2.24) is 5.32 Å². The van der Waals surface area contributed by atoms with E-state index in [0.717, 1.165) is 0 Å². The largest absolute Gasteiger partial charge is 0.390 e. The summed E-state index contributed by atoms with van der Waals surface area (Å²) in [5, 5.41) is 12.4. The summed E-state index contributed by atoms with van der Waals surface area (Å²) in [4.78, 5) is 10.6. The monoisotopic (exact) mass is 203 g/mol. The van der Waals surface area contributed by atoms with Gasteiger partial charge in [-0.2, -0.15) is 0 Å². The second-order valence-electron chi connectivity index (χ2n) is 3.48. The first kappa shape index (κ1) is 11.6. The fraction of sp³-hybridized carbons (Fsp3) is 0.889. The lowest BCUT2D eigenvalue weighted by Crippen LogP contribution is -2.35. The number of methoxy groups -OCH3 is 1. The highest BCUT2D eigenvalue weighted by molar-refractivity contribution is 5.77. The van der Waals surface area contributed by atoms with Crippen LogP contribution in [0.1, 0.15) is 13.3 Å². The maximum absolute atomic E-state index is 10.6. The van der Waals surface area contributed by atoms with Gasteiger partial charge in [0.25, 0.3) is 0 Å². The van der Waals surface area contributed by atoms with Crippen LogP contribution in [0.2, 0.25) is 0 Å². The molecule has 0 radical (unpaired) electrons. The molecule has 1 fully saturated rings. The predicted octanol–water partition coefficient (Wildman–Crippen LogP) is -0.713. The minimum Gasteiger partial charge on any atom is -0.390 e. The summed E-state index contributed by atoms with van der Waals surface area (Å²) in [6.07, 6.45) is -0.629. The van der Waals surface area contributed by atoms with E-state index in [1.165, 1.54) is 6.92 Å². The molecule has 3 atom stereocenters. The molecule has 0 unspecified atom stereocenters. The Hall–Kier alpha value is -0.490. The first-order valence-electron chi connectivity index (χ1n) is 4.70. The minimum absolute atomic E-state index is 0.0702. The normalized spacial score (nSPS) is 32.1. The molecule has 0 aliphatic carbocycles. The van der Waals surface area contributed by atoms with Gasteiger partial charge in [-0.1, -0.05) is 0 Å². The fourth-order valence-electron chi connectivity index (χ4n) is 1.42. The predicted molar refractivity (Wildman–Crippen MR) is 49.8 cm³/mol. The van der Waals surface area contributed by atoms with Crippen molar-refractivity contribution in [2.24, 2.45) is 0 Å². The number of rotatable bonds is 5. The zero-order valence-electron chi connectivity index (χ0n) is 8.53. The van der Waals surface area contributed by atoms with Crippen molar-refractivity contribution in [3.05, 3.63) is 0 Å². The van der Waals surface area contributed by atoms with E-state index in [2.05, 4.69) is 5.32 Å². The summed E-state index contributed by atoms with van der Waals surface area (Å²) in [5.74, 6) is 0.0702. The molecule has 82 valence electrons. The lowest BCUT2D eigenvalue weighted by molar-refractivity contribution is -0.119. The number of Topliss-reactive ketones (excluding diaryl/α,β-unsaturated/α-hetero) is 1. The van der Waals surface area contributed by atoms with Gasteiger partial charge in [-0.25, -0.2) is 0 Å². The van der Waals surface area contributed by atoms with Gasteiger partial charge in [0.05, 0.1) is 18.8 Å². The summed E-state index contributed by atoms with van der Waals surface area (Å²) in [5.41, 5.74) is 0. The number of hydrogen-bond acceptors (Lipinski definition) is 5. The van der Waals surface area contributed by atoms with Crippen LogP contribution in [0.4, 0.5) is 0 Å². The van der Waals surface area contributed by atoms with Crippen molar-refractivity contribution in [2.45, 2.75) is 31.8 Å². The number of carbonyl (C=O) groups is 1. The van der Waals surface area contributed by atoms with Crippen LogP contribution in [0.25, 0.3) is 0 Å². The summed E-state index contributed by atoms with van der Waals surface area (Å²) in [6, 6.07) is 0.